The Morgan fingerprint density at radius 1 is 0.741 bits per heavy atom. The molecule has 2 aliphatic rings. The predicted molar refractivity (Wildman–Crippen MR) is 95.9 cm³/mol. The van der Waals surface area contributed by atoms with Crippen LogP contribution >= 0.6 is 0 Å². The summed E-state index contributed by atoms with van der Waals surface area (Å²) in [4.78, 5) is 51.7. The van der Waals surface area contributed by atoms with Gasteiger partial charge in [-0.05, 0) is 24.1 Å². The Morgan fingerprint density at radius 3 is 1.93 bits per heavy atom. The third-order valence-electron chi connectivity index (χ3n) is 4.80. The van der Waals surface area contributed by atoms with Crippen molar-refractivity contribution < 1.29 is 19.2 Å². The Bertz CT molecular complexity index is 906. The fourth-order valence-corrected chi connectivity index (χ4v) is 3.43. The molecule has 0 spiro atoms. The Morgan fingerprint density at radius 2 is 1.30 bits per heavy atom. The summed E-state index contributed by atoms with van der Waals surface area (Å²) in [5, 5.41) is 2.67. The van der Waals surface area contributed by atoms with Crippen LogP contribution in [0.1, 0.15) is 38.7 Å². The summed E-state index contributed by atoms with van der Waals surface area (Å²) in [6.45, 7) is 0.292. The highest BCUT2D eigenvalue weighted by atomic mass is 16.2. The van der Waals surface area contributed by atoms with Crippen molar-refractivity contribution in [3.63, 3.8) is 0 Å². The van der Waals surface area contributed by atoms with E-state index in [1.165, 1.54) is 0 Å². The highest BCUT2D eigenvalue weighted by Crippen LogP contribution is 2.24. The summed E-state index contributed by atoms with van der Waals surface area (Å²) in [5.41, 5.74) is 1.50. The van der Waals surface area contributed by atoms with Gasteiger partial charge in [0.25, 0.3) is 17.7 Å². The SMILES string of the molecule is O=C1NC(c2ccccc2)C(=O)N1CCCN1C(=O)c2ccccc2C1=O. The number of urea groups is 1. The average Bonchev–Trinajstić information content (AvgIpc) is 3.11. The number of fused-ring (bicyclic) bond motifs is 1. The molecule has 2 aromatic carbocycles. The highest BCUT2D eigenvalue weighted by molar-refractivity contribution is 6.21. The molecule has 1 unspecified atom stereocenters. The van der Waals surface area contributed by atoms with Gasteiger partial charge in [0, 0.05) is 13.1 Å². The largest absolute Gasteiger partial charge is 0.325 e. The van der Waals surface area contributed by atoms with Gasteiger partial charge in [0.05, 0.1) is 11.1 Å². The third kappa shape index (κ3) is 2.87. The lowest BCUT2D eigenvalue weighted by Crippen LogP contribution is -2.36. The minimum absolute atomic E-state index is 0.140. The number of rotatable bonds is 5. The van der Waals surface area contributed by atoms with E-state index >= 15 is 0 Å². The molecular formula is C20H17N3O4. The molecule has 1 N–H and O–H groups in total. The first kappa shape index (κ1) is 17.0. The van der Waals surface area contributed by atoms with Crippen LogP contribution in [0.2, 0.25) is 0 Å². The summed E-state index contributed by atoms with van der Waals surface area (Å²) in [7, 11) is 0. The molecule has 0 radical (unpaired) electrons. The van der Waals surface area contributed by atoms with E-state index in [0.29, 0.717) is 17.5 Å². The zero-order valence-electron chi connectivity index (χ0n) is 14.4. The van der Waals surface area contributed by atoms with Crippen LogP contribution in [-0.2, 0) is 4.79 Å². The topological polar surface area (TPSA) is 86.8 Å². The van der Waals surface area contributed by atoms with Gasteiger partial charge >= 0.3 is 6.03 Å². The molecule has 0 saturated carbocycles. The Hall–Kier alpha value is -3.48. The van der Waals surface area contributed by atoms with Crippen LogP contribution < -0.4 is 5.32 Å². The quantitative estimate of drug-likeness (QED) is 0.650. The van der Waals surface area contributed by atoms with Crippen LogP contribution in [0.3, 0.4) is 0 Å². The first-order valence-corrected chi connectivity index (χ1v) is 8.70. The van der Waals surface area contributed by atoms with Crippen LogP contribution in [-0.4, -0.2) is 46.6 Å². The lowest BCUT2D eigenvalue weighted by atomic mass is 10.1. The number of nitrogens with zero attached hydrogens (tertiary/aromatic N) is 2. The summed E-state index contributed by atoms with van der Waals surface area (Å²) in [6, 6.07) is 14.5. The summed E-state index contributed by atoms with van der Waals surface area (Å²) < 4.78 is 0. The van der Waals surface area contributed by atoms with Crippen LogP contribution in [0.4, 0.5) is 4.79 Å². The number of benzene rings is 2. The molecule has 2 aromatic rings. The van der Waals surface area contributed by atoms with Crippen LogP contribution in [0.5, 0.6) is 0 Å². The van der Waals surface area contributed by atoms with Crippen molar-refractivity contribution in [3.8, 4) is 0 Å². The van der Waals surface area contributed by atoms with Crippen LogP contribution in [0, 0.1) is 0 Å². The smallest absolute Gasteiger partial charge is 0.322 e. The molecule has 136 valence electrons. The Balaban J connectivity index is 1.39. The number of amides is 5. The minimum atomic E-state index is -0.696. The number of hydrogen-bond acceptors (Lipinski definition) is 4. The van der Waals surface area contributed by atoms with E-state index in [4.69, 9.17) is 0 Å². The second-order valence-corrected chi connectivity index (χ2v) is 6.44. The van der Waals surface area contributed by atoms with E-state index in [9.17, 15) is 19.2 Å². The van der Waals surface area contributed by atoms with Crippen molar-refractivity contribution in [3.05, 3.63) is 71.3 Å². The molecule has 0 aromatic heterocycles. The number of carbonyl (C=O) groups excluding carboxylic acids is 4. The van der Waals surface area contributed by atoms with Crippen LogP contribution in [0.15, 0.2) is 54.6 Å². The molecule has 5 amide bonds. The van der Waals surface area contributed by atoms with Crippen molar-refractivity contribution in [2.75, 3.05) is 13.1 Å². The molecule has 0 aliphatic carbocycles. The van der Waals surface area contributed by atoms with E-state index in [0.717, 1.165) is 15.4 Å². The van der Waals surface area contributed by atoms with Gasteiger partial charge in [-0.3, -0.25) is 24.2 Å². The van der Waals surface area contributed by atoms with Gasteiger partial charge in [-0.1, -0.05) is 42.5 Å². The van der Waals surface area contributed by atoms with Crippen molar-refractivity contribution in [1.82, 2.24) is 15.1 Å². The minimum Gasteiger partial charge on any atom is -0.322 e. The van der Waals surface area contributed by atoms with Gasteiger partial charge in [0.1, 0.15) is 6.04 Å². The first-order chi connectivity index (χ1) is 13.1. The van der Waals surface area contributed by atoms with Gasteiger partial charge in [-0.15, -0.1) is 0 Å². The molecular weight excluding hydrogens is 346 g/mol. The molecule has 27 heavy (non-hydrogen) atoms. The maximum Gasteiger partial charge on any atom is 0.325 e. The fraction of sp³-hybridized carbons (Fsp3) is 0.200. The molecule has 1 saturated heterocycles. The molecule has 1 fully saturated rings. The van der Waals surface area contributed by atoms with E-state index in [1.54, 1.807) is 48.5 Å². The Kier molecular flexibility index (Phi) is 4.19. The van der Waals surface area contributed by atoms with Gasteiger partial charge in [0.15, 0.2) is 0 Å². The molecule has 2 aliphatic heterocycles. The zero-order chi connectivity index (χ0) is 19.0. The summed E-state index contributed by atoms with van der Waals surface area (Å²) in [6.07, 6.45) is 0.326. The van der Waals surface area contributed by atoms with Crippen molar-refractivity contribution in [2.45, 2.75) is 12.5 Å². The van der Waals surface area contributed by atoms with Gasteiger partial charge in [-0.25, -0.2) is 4.79 Å². The normalized spacial score (nSPS) is 18.9. The van der Waals surface area contributed by atoms with Crippen molar-refractivity contribution in [2.24, 2.45) is 0 Å². The maximum absolute atomic E-state index is 12.5. The molecule has 7 nitrogen and oxygen atoms in total. The fourth-order valence-electron chi connectivity index (χ4n) is 3.43. The Labute approximate surface area is 155 Å². The molecule has 1 atom stereocenters. The van der Waals surface area contributed by atoms with Crippen molar-refractivity contribution >= 4 is 23.8 Å². The van der Waals surface area contributed by atoms with Crippen molar-refractivity contribution in [1.29, 1.82) is 0 Å². The molecule has 4 rings (SSSR count). The summed E-state index contributed by atoms with van der Waals surface area (Å²) >= 11 is 0. The van der Waals surface area contributed by atoms with Gasteiger partial charge < -0.3 is 5.32 Å². The number of hydrogen-bond donors (Lipinski definition) is 1. The van der Waals surface area contributed by atoms with E-state index in [1.807, 2.05) is 6.07 Å². The third-order valence-corrected chi connectivity index (χ3v) is 4.80. The number of imide groups is 2. The number of nitrogens with one attached hydrogen (secondary N) is 1. The second-order valence-electron chi connectivity index (χ2n) is 6.44. The van der Waals surface area contributed by atoms with Crippen LogP contribution in [0.25, 0.3) is 0 Å². The predicted octanol–water partition coefficient (Wildman–Crippen LogP) is 1.97. The second kappa shape index (κ2) is 6.68. The zero-order valence-corrected chi connectivity index (χ0v) is 14.4. The average molecular weight is 363 g/mol. The van der Waals surface area contributed by atoms with E-state index in [-0.39, 0.29) is 30.8 Å². The standard InChI is InChI=1S/C20H17N3O4/c24-17-14-9-4-5-10-15(14)18(25)22(17)11-6-12-23-19(26)16(21-20(23)27)13-7-2-1-3-8-13/h1-5,7-10,16H,6,11-12H2,(H,21,27). The monoisotopic (exact) mass is 363 g/mol. The van der Waals surface area contributed by atoms with E-state index < -0.39 is 12.1 Å². The van der Waals surface area contributed by atoms with Gasteiger partial charge in [-0.2, -0.15) is 0 Å². The van der Waals surface area contributed by atoms with Gasteiger partial charge in [0.2, 0.25) is 0 Å². The molecule has 0 bridgehead atoms. The lowest BCUT2D eigenvalue weighted by Gasteiger charge is -2.17. The molecule has 7 heteroatoms. The summed E-state index contributed by atoms with van der Waals surface area (Å²) in [5.74, 6) is -1.00. The maximum atomic E-state index is 12.5. The van der Waals surface area contributed by atoms with E-state index in [2.05, 4.69) is 5.32 Å². The lowest BCUT2D eigenvalue weighted by molar-refractivity contribution is -0.127. The highest BCUT2D eigenvalue weighted by Gasteiger charge is 2.39. The number of carbonyl (C=O) groups is 4. The molecule has 2 heterocycles. The first-order valence-electron chi connectivity index (χ1n) is 8.70.